The van der Waals surface area contributed by atoms with Crippen LogP contribution < -0.4 is 4.90 Å². The van der Waals surface area contributed by atoms with E-state index in [9.17, 15) is 9.59 Å². The van der Waals surface area contributed by atoms with Crippen molar-refractivity contribution in [1.29, 1.82) is 0 Å². The predicted octanol–water partition coefficient (Wildman–Crippen LogP) is 4.43. The van der Waals surface area contributed by atoms with Crippen LogP contribution in [-0.4, -0.2) is 45.6 Å². The molecule has 2 aliphatic rings. The lowest BCUT2D eigenvalue weighted by Crippen LogP contribution is -2.65. The summed E-state index contributed by atoms with van der Waals surface area (Å²) in [5.41, 5.74) is 1.09. The number of fused-ring (bicyclic) bond motifs is 3. The van der Waals surface area contributed by atoms with Gasteiger partial charge in [-0.1, -0.05) is 24.3 Å². The van der Waals surface area contributed by atoms with Gasteiger partial charge in [-0.15, -0.1) is 0 Å². The smallest absolute Gasteiger partial charge is 0.410 e. The summed E-state index contributed by atoms with van der Waals surface area (Å²) in [7, 11) is 0. The molecule has 7 nitrogen and oxygen atoms in total. The first kappa shape index (κ1) is 20.9. The van der Waals surface area contributed by atoms with Crippen LogP contribution in [0.5, 0.6) is 0 Å². The van der Waals surface area contributed by atoms with E-state index in [0.29, 0.717) is 19.6 Å². The van der Waals surface area contributed by atoms with Gasteiger partial charge in [-0.3, -0.25) is 14.8 Å². The molecule has 164 valence electrons. The highest BCUT2D eigenvalue weighted by atomic mass is 79.9. The lowest BCUT2D eigenvalue weighted by molar-refractivity contribution is -0.129. The zero-order chi connectivity index (χ0) is 22.7. The summed E-state index contributed by atoms with van der Waals surface area (Å²) >= 11 is 3.68. The number of aromatic nitrogens is 2. The number of hydrogen-bond acceptors (Lipinski definition) is 5. The second-order valence-electron chi connectivity index (χ2n) is 9.31. The van der Waals surface area contributed by atoms with E-state index in [0.717, 1.165) is 32.2 Å². The number of pyridine rings is 2. The Balaban J connectivity index is 1.45. The maximum Gasteiger partial charge on any atom is 0.410 e. The Bertz CT molecular complexity index is 1250. The Labute approximate surface area is 194 Å². The van der Waals surface area contributed by atoms with Crippen LogP contribution in [0.1, 0.15) is 32.0 Å². The molecule has 2 aromatic heterocycles. The van der Waals surface area contributed by atoms with Gasteiger partial charge < -0.3 is 14.5 Å². The van der Waals surface area contributed by atoms with Gasteiger partial charge in [0.2, 0.25) is 5.91 Å². The SMILES string of the molecule is CC(C)(C)OC(=O)N1CC2(C1)C(=O)N(Cc1ncc3ccccc3c1Br)c1cnccc12. The van der Waals surface area contributed by atoms with Gasteiger partial charge >= 0.3 is 6.09 Å². The van der Waals surface area contributed by atoms with Crippen molar-refractivity contribution in [2.45, 2.75) is 38.3 Å². The Morgan fingerprint density at radius 2 is 1.94 bits per heavy atom. The molecule has 0 radical (unpaired) electrons. The highest BCUT2D eigenvalue weighted by Gasteiger charge is 2.60. The summed E-state index contributed by atoms with van der Waals surface area (Å²) in [6.07, 6.45) is 4.83. The number of likely N-dealkylation sites (tertiary alicyclic amines) is 1. The fourth-order valence-corrected chi connectivity index (χ4v) is 5.03. The number of nitrogens with zero attached hydrogens (tertiary/aromatic N) is 4. The molecule has 8 heteroatoms. The number of hydrogen-bond donors (Lipinski definition) is 0. The van der Waals surface area contributed by atoms with E-state index in [-0.39, 0.29) is 5.91 Å². The maximum atomic E-state index is 13.7. The molecule has 0 unspecified atom stereocenters. The van der Waals surface area contributed by atoms with Crippen molar-refractivity contribution >= 4 is 44.4 Å². The molecule has 0 saturated carbocycles. The van der Waals surface area contributed by atoms with Gasteiger partial charge in [-0.2, -0.15) is 0 Å². The molecule has 0 atom stereocenters. The molecule has 0 aliphatic carbocycles. The molecular formula is C24H23BrN4O3. The Morgan fingerprint density at radius 1 is 1.19 bits per heavy atom. The Hall–Kier alpha value is -3.00. The number of carbonyl (C=O) groups excluding carboxylic acids is 2. The molecule has 0 N–H and O–H groups in total. The second-order valence-corrected chi connectivity index (χ2v) is 10.1. The molecule has 32 heavy (non-hydrogen) atoms. The van der Waals surface area contributed by atoms with Crippen molar-refractivity contribution in [3.8, 4) is 0 Å². The fourth-order valence-electron chi connectivity index (χ4n) is 4.44. The first-order valence-corrected chi connectivity index (χ1v) is 11.3. The molecule has 0 bridgehead atoms. The number of amides is 2. The average molecular weight is 495 g/mol. The number of benzene rings is 1. The Kier molecular flexibility index (Phi) is 4.74. The van der Waals surface area contributed by atoms with E-state index in [1.165, 1.54) is 0 Å². The van der Waals surface area contributed by atoms with Gasteiger partial charge in [-0.25, -0.2) is 4.79 Å². The van der Waals surface area contributed by atoms with E-state index in [1.807, 2.05) is 57.3 Å². The van der Waals surface area contributed by atoms with Crippen molar-refractivity contribution < 1.29 is 14.3 Å². The topological polar surface area (TPSA) is 75.6 Å². The van der Waals surface area contributed by atoms with Gasteiger partial charge in [0.1, 0.15) is 11.0 Å². The number of carbonyl (C=O) groups is 2. The van der Waals surface area contributed by atoms with Crippen molar-refractivity contribution in [3.05, 3.63) is 64.7 Å². The summed E-state index contributed by atoms with van der Waals surface area (Å²) in [5.74, 6) is -0.0397. The zero-order valence-corrected chi connectivity index (χ0v) is 19.7. The van der Waals surface area contributed by atoms with Crippen molar-refractivity contribution in [1.82, 2.24) is 14.9 Å². The van der Waals surface area contributed by atoms with Crippen LogP contribution in [-0.2, 0) is 21.5 Å². The van der Waals surface area contributed by atoms with E-state index in [4.69, 9.17) is 4.74 Å². The highest BCUT2D eigenvalue weighted by Crippen LogP contribution is 2.48. The summed E-state index contributed by atoms with van der Waals surface area (Å²) in [4.78, 5) is 38.3. The quantitative estimate of drug-likeness (QED) is 0.526. The summed E-state index contributed by atoms with van der Waals surface area (Å²) < 4.78 is 6.35. The van der Waals surface area contributed by atoms with Crippen LogP contribution in [0.3, 0.4) is 0 Å². The van der Waals surface area contributed by atoms with Gasteiger partial charge in [0.05, 0.1) is 24.1 Å². The molecule has 1 saturated heterocycles. The lowest BCUT2D eigenvalue weighted by atomic mass is 9.75. The monoisotopic (exact) mass is 494 g/mol. The number of anilines is 1. The normalized spacial score (nSPS) is 16.9. The molecule has 2 amide bonds. The summed E-state index contributed by atoms with van der Waals surface area (Å²) in [6, 6.07) is 9.86. The Morgan fingerprint density at radius 3 is 2.69 bits per heavy atom. The third kappa shape index (κ3) is 3.24. The van der Waals surface area contributed by atoms with Crippen LogP contribution in [0.4, 0.5) is 10.5 Å². The number of rotatable bonds is 2. The van der Waals surface area contributed by atoms with Crippen LogP contribution in [0.25, 0.3) is 10.8 Å². The third-order valence-electron chi connectivity index (χ3n) is 5.95. The number of ether oxygens (including phenoxy) is 1. The van der Waals surface area contributed by atoms with Crippen LogP contribution in [0.2, 0.25) is 0 Å². The van der Waals surface area contributed by atoms with Gasteiger partial charge in [0.15, 0.2) is 0 Å². The first-order valence-electron chi connectivity index (χ1n) is 10.5. The number of halogens is 1. The summed E-state index contributed by atoms with van der Waals surface area (Å²) in [5, 5.41) is 2.08. The van der Waals surface area contributed by atoms with Crippen LogP contribution in [0.15, 0.2) is 53.4 Å². The minimum atomic E-state index is -0.765. The van der Waals surface area contributed by atoms with Crippen molar-refractivity contribution in [2.75, 3.05) is 18.0 Å². The maximum absolute atomic E-state index is 13.7. The zero-order valence-electron chi connectivity index (χ0n) is 18.1. The third-order valence-corrected chi connectivity index (χ3v) is 6.84. The van der Waals surface area contributed by atoms with E-state index in [2.05, 4.69) is 25.9 Å². The largest absolute Gasteiger partial charge is 0.444 e. The standard InChI is InChI=1S/C24H23BrN4O3/c1-23(2,3)32-22(31)28-13-24(14-28)17-8-9-26-11-19(17)29(21(24)30)12-18-20(25)16-7-5-4-6-15(16)10-27-18/h4-11H,12-14H2,1-3H3. The van der Waals surface area contributed by atoms with Crippen molar-refractivity contribution in [3.63, 3.8) is 0 Å². The molecule has 2 aliphatic heterocycles. The summed E-state index contributed by atoms with van der Waals surface area (Å²) in [6.45, 7) is 6.40. The van der Waals surface area contributed by atoms with Crippen LogP contribution >= 0.6 is 15.9 Å². The molecule has 1 spiro atoms. The molecule has 4 heterocycles. The minimum Gasteiger partial charge on any atom is -0.444 e. The molecule has 1 aromatic carbocycles. The fraction of sp³-hybridized carbons (Fsp3) is 0.333. The van der Waals surface area contributed by atoms with E-state index >= 15 is 0 Å². The average Bonchev–Trinajstić information content (AvgIpc) is 2.96. The van der Waals surface area contributed by atoms with Gasteiger partial charge in [0, 0.05) is 35.3 Å². The molecule has 3 aromatic rings. The minimum absolute atomic E-state index is 0.0397. The van der Waals surface area contributed by atoms with E-state index < -0.39 is 17.1 Å². The highest BCUT2D eigenvalue weighted by molar-refractivity contribution is 9.10. The van der Waals surface area contributed by atoms with Gasteiger partial charge in [0.25, 0.3) is 0 Å². The van der Waals surface area contributed by atoms with Crippen molar-refractivity contribution in [2.24, 2.45) is 0 Å². The first-order chi connectivity index (χ1) is 15.2. The van der Waals surface area contributed by atoms with Gasteiger partial charge in [-0.05, 0) is 53.7 Å². The second kappa shape index (κ2) is 7.27. The molecule has 1 fully saturated rings. The molecular weight excluding hydrogens is 472 g/mol. The predicted molar refractivity (Wildman–Crippen MR) is 124 cm³/mol. The van der Waals surface area contributed by atoms with Crippen LogP contribution in [0, 0.1) is 0 Å². The van der Waals surface area contributed by atoms with E-state index in [1.54, 1.807) is 22.2 Å². The molecule has 5 rings (SSSR count). The lowest BCUT2D eigenvalue weighted by Gasteiger charge is -2.46.